The largest absolute Gasteiger partial charge is 0.384 e. The van der Waals surface area contributed by atoms with Crippen LogP contribution >= 0.6 is 0 Å². The fourth-order valence-electron chi connectivity index (χ4n) is 4.07. The Kier molecular flexibility index (Phi) is 4.64. The maximum atomic E-state index is 12.7. The van der Waals surface area contributed by atoms with Gasteiger partial charge in [0.15, 0.2) is 0 Å². The molecule has 1 atom stereocenters. The number of nitrogen functional groups attached to an aromatic ring is 1. The highest BCUT2D eigenvalue weighted by Crippen LogP contribution is 2.26. The quantitative estimate of drug-likeness (QED) is 0.924. The predicted molar refractivity (Wildman–Crippen MR) is 104 cm³/mol. The number of piperidine rings is 1. The average Bonchev–Trinajstić information content (AvgIpc) is 2.62. The normalized spacial score (nSPS) is 21.4. The van der Waals surface area contributed by atoms with Crippen LogP contribution in [0.25, 0.3) is 11.3 Å². The minimum absolute atomic E-state index is 0.123. The molecule has 2 aromatic rings. The third kappa shape index (κ3) is 3.31. The monoisotopic (exact) mass is 350 g/mol. The molecule has 1 amide bonds. The number of nitrogens with two attached hydrogens (primary N) is 1. The molecule has 2 aliphatic rings. The Bertz CT molecular complexity index is 783. The Balaban J connectivity index is 1.39. The number of hydrogen-bond acceptors (Lipinski definition) is 4. The van der Waals surface area contributed by atoms with Gasteiger partial charge in [0, 0.05) is 36.3 Å². The number of carbonyl (C=O) groups excluding carboxylic acids is 1. The molecule has 26 heavy (non-hydrogen) atoms. The van der Waals surface area contributed by atoms with Crippen molar-refractivity contribution >= 4 is 11.7 Å². The number of benzene rings is 1. The first kappa shape index (κ1) is 17.0. The van der Waals surface area contributed by atoms with Crippen LogP contribution in [-0.2, 0) is 0 Å². The molecule has 3 heterocycles. The highest BCUT2D eigenvalue weighted by Gasteiger charge is 2.37. The lowest BCUT2D eigenvalue weighted by molar-refractivity contribution is 0.00213. The lowest BCUT2D eigenvalue weighted by Gasteiger charge is -2.49. The van der Waals surface area contributed by atoms with Gasteiger partial charge >= 0.3 is 0 Å². The summed E-state index contributed by atoms with van der Waals surface area (Å²) >= 11 is 0. The predicted octanol–water partition coefficient (Wildman–Crippen LogP) is 3.03. The molecule has 5 nitrogen and oxygen atoms in total. The molecule has 136 valence electrons. The van der Waals surface area contributed by atoms with E-state index >= 15 is 0 Å². The van der Waals surface area contributed by atoms with Crippen molar-refractivity contribution in [3.8, 4) is 11.3 Å². The minimum atomic E-state index is 0.123. The molecule has 0 saturated carbocycles. The first-order chi connectivity index (χ1) is 12.6. The van der Waals surface area contributed by atoms with Gasteiger partial charge in [0.05, 0.1) is 5.69 Å². The van der Waals surface area contributed by atoms with Gasteiger partial charge in [-0.1, -0.05) is 24.6 Å². The molecule has 1 aromatic carbocycles. The van der Waals surface area contributed by atoms with Gasteiger partial charge < -0.3 is 10.6 Å². The molecule has 0 aliphatic carbocycles. The Morgan fingerprint density at radius 2 is 1.88 bits per heavy atom. The van der Waals surface area contributed by atoms with Crippen LogP contribution < -0.4 is 5.73 Å². The van der Waals surface area contributed by atoms with E-state index in [-0.39, 0.29) is 5.91 Å². The summed E-state index contributed by atoms with van der Waals surface area (Å²) < 4.78 is 0. The van der Waals surface area contributed by atoms with Gasteiger partial charge in [-0.2, -0.15) is 0 Å². The molecular weight excluding hydrogens is 324 g/mol. The van der Waals surface area contributed by atoms with E-state index in [0.717, 1.165) is 29.9 Å². The third-order valence-electron chi connectivity index (χ3n) is 5.67. The van der Waals surface area contributed by atoms with Gasteiger partial charge in [0.25, 0.3) is 5.91 Å². The summed E-state index contributed by atoms with van der Waals surface area (Å²) in [4.78, 5) is 21.6. The smallest absolute Gasteiger partial charge is 0.253 e. The van der Waals surface area contributed by atoms with Crippen LogP contribution in [0.4, 0.5) is 5.82 Å². The van der Waals surface area contributed by atoms with E-state index in [1.807, 2.05) is 41.3 Å². The zero-order valence-corrected chi connectivity index (χ0v) is 15.3. The second-order valence-electron chi connectivity index (χ2n) is 7.47. The van der Waals surface area contributed by atoms with Crippen LogP contribution in [0.5, 0.6) is 0 Å². The topological polar surface area (TPSA) is 62.5 Å². The molecule has 5 heteroatoms. The molecule has 2 aliphatic heterocycles. The Labute approximate surface area is 154 Å². The fourth-order valence-corrected chi connectivity index (χ4v) is 4.07. The molecule has 2 N–H and O–H groups in total. The zero-order chi connectivity index (χ0) is 18.1. The van der Waals surface area contributed by atoms with Crippen LogP contribution in [0.1, 0.15) is 36.5 Å². The zero-order valence-electron chi connectivity index (χ0n) is 15.3. The van der Waals surface area contributed by atoms with E-state index in [1.54, 1.807) is 6.07 Å². The SMILES string of the molecule is CC1CCCCN1C1CN(C(=O)c2ccc(-c3cccc(N)n3)cc2)C1. The van der Waals surface area contributed by atoms with Gasteiger partial charge in [0.1, 0.15) is 5.82 Å². The highest BCUT2D eigenvalue weighted by molar-refractivity contribution is 5.95. The molecule has 0 radical (unpaired) electrons. The minimum Gasteiger partial charge on any atom is -0.384 e. The third-order valence-corrected chi connectivity index (χ3v) is 5.67. The van der Waals surface area contributed by atoms with Crippen LogP contribution in [0.3, 0.4) is 0 Å². The number of rotatable bonds is 3. The molecule has 2 saturated heterocycles. The van der Waals surface area contributed by atoms with E-state index in [9.17, 15) is 4.79 Å². The summed E-state index contributed by atoms with van der Waals surface area (Å²) in [6, 6.07) is 14.4. The molecule has 2 fully saturated rings. The molecule has 1 unspecified atom stereocenters. The van der Waals surface area contributed by atoms with Gasteiger partial charge in [-0.3, -0.25) is 9.69 Å². The second-order valence-corrected chi connectivity index (χ2v) is 7.47. The van der Waals surface area contributed by atoms with Crippen LogP contribution in [-0.4, -0.2) is 52.4 Å². The molecule has 0 bridgehead atoms. The molecule has 4 rings (SSSR count). The number of amides is 1. The van der Waals surface area contributed by atoms with Gasteiger partial charge in [-0.25, -0.2) is 4.98 Å². The fraction of sp³-hybridized carbons (Fsp3) is 0.429. The molecular formula is C21H26N4O. The number of carbonyl (C=O) groups is 1. The summed E-state index contributed by atoms with van der Waals surface area (Å²) in [6.45, 7) is 5.19. The molecule has 0 spiro atoms. The maximum absolute atomic E-state index is 12.7. The standard InChI is InChI=1S/C21H26N4O/c1-15-5-2-3-12-25(15)18-13-24(14-18)21(26)17-10-8-16(9-11-17)19-6-4-7-20(22)23-19/h4,6-11,15,18H,2-3,5,12-14H2,1H3,(H2,22,23). The average molecular weight is 350 g/mol. The summed E-state index contributed by atoms with van der Waals surface area (Å²) in [7, 11) is 0. The van der Waals surface area contributed by atoms with Crippen molar-refractivity contribution in [1.29, 1.82) is 0 Å². The van der Waals surface area contributed by atoms with Crippen molar-refractivity contribution in [2.45, 2.75) is 38.3 Å². The maximum Gasteiger partial charge on any atom is 0.253 e. The number of nitrogens with zero attached hydrogens (tertiary/aromatic N) is 3. The van der Waals surface area contributed by atoms with Crippen LogP contribution in [0.15, 0.2) is 42.5 Å². The molecule has 1 aromatic heterocycles. The van der Waals surface area contributed by atoms with Crippen molar-refractivity contribution in [1.82, 2.24) is 14.8 Å². The summed E-state index contributed by atoms with van der Waals surface area (Å²) in [5, 5.41) is 0. The van der Waals surface area contributed by atoms with Crippen molar-refractivity contribution in [2.24, 2.45) is 0 Å². The highest BCUT2D eigenvalue weighted by atomic mass is 16.2. The lowest BCUT2D eigenvalue weighted by Crippen LogP contribution is -2.63. The van der Waals surface area contributed by atoms with E-state index in [2.05, 4.69) is 16.8 Å². The van der Waals surface area contributed by atoms with Crippen molar-refractivity contribution in [3.63, 3.8) is 0 Å². The lowest BCUT2D eigenvalue weighted by atomic mass is 9.97. The second kappa shape index (κ2) is 7.08. The van der Waals surface area contributed by atoms with E-state index in [0.29, 0.717) is 17.9 Å². The first-order valence-electron chi connectivity index (χ1n) is 9.50. The number of aromatic nitrogens is 1. The van der Waals surface area contributed by atoms with E-state index in [1.165, 1.54) is 25.8 Å². The van der Waals surface area contributed by atoms with Gasteiger partial charge in [-0.15, -0.1) is 0 Å². The van der Waals surface area contributed by atoms with E-state index < -0.39 is 0 Å². The van der Waals surface area contributed by atoms with E-state index in [4.69, 9.17) is 5.73 Å². The summed E-state index contributed by atoms with van der Waals surface area (Å²) in [5.74, 6) is 0.624. The Morgan fingerprint density at radius 1 is 1.12 bits per heavy atom. The summed E-state index contributed by atoms with van der Waals surface area (Å²) in [6.07, 6.45) is 3.90. The van der Waals surface area contributed by atoms with Gasteiger partial charge in [-0.05, 0) is 50.6 Å². The number of pyridine rings is 1. The van der Waals surface area contributed by atoms with Crippen LogP contribution in [0.2, 0.25) is 0 Å². The Hall–Kier alpha value is -2.40. The Morgan fingerprint density at radius 3 is 2.58 bits per heavy atom. The number of anilines is 1. The van der Waals surface area contributed by atoms with Crippen molar-refractivity contribution in [3.05, 3.63) is 48.0 Å². The number of likely N-dealkylation sites (tertiary alicyclic amines) is 2. The number of hydrogen-bond donors (Lipinski definition) is 1. The van der Waals surface area contributed by atoms with Crippen LogP contribution in [0, 0.1) is 0 Å². The van der Waals surface area contributed by atoms with Crippen molar-refractivity contribution in [2.75, 3.05) is 25.4 Å². The van der Waals surface area contributed by atoms with Crippen molar-refractivity contribution < 1.29 is 4.79 Å². The summed E-state index contributed by atoms with van der Waals surface area (Å²) in [5.41, 5.74) is 8.28. The van der Waals surface area contributed by atoms with Gasteiger partial charge in [0.2, 0.25) is 0 Å². The first-order valence-corrected chi connectivity index (χ1v) is 9.50.